The molecule has 3 rings (SSSR count). The number of hydrogen-bond donors (Lipinski definition) is 1. The second-order valence-electron chi connectivity index (χ2n) is 7.02. The van der Waals surface area contributed by atoms with Crippen molar-refractivity contribution >= 4 is 29.2 Å². The summed E-state index contributed by atoms with van der Waals surface area (Å²) in [7, 11) is 0. The number of nitrogens with one attached hydrogen (secondary N) is 1. The molecular formula is C23H26N2O5. The van der Waals surface area contributed by atoms with Gasteiger partial charge in [0.05, 0.1) is 23.8 Å². The number of nitrogens with zero attached hydrogens (tertiary/aromatic N) is 1. The van der Waals surface area contributed by atoms with Gasteiger partial charge in [0.25, 0.3) is 5.91 Å². The molecule has 0 atom stereocenters. The molecule has 7 heteroatoms. The van der Waals surface area contributed by atoms with Gasteiger partial charge >= 0.3 is 11.9 Å². The molecule has 0 bridgehead atoms. The molecular weight excluding hydrogens is 384 g/mol. The molecule has 1 heterocycles. The van der Waals surface area contributed by atoms with E-state index >= 15 is 0 Å². The SMILES string of the molecule is CCOC(=O)C1CCN(C(=O)COC(=O)c2ccccc2Nc2ccccc2)CC1. The summed E-state index contributed by atoms with van der Waals surface area (Å²) in [5, 5.41) is 3.19. The van der Waals surface area contributed by atoms with Gasteiger partial charge in [0.1, 0.15) is 0 Å². The molecule has 1 amide bonds. The maximum Gasteiger partial charge on any atom is 0.340 e. The molecule has 0 unspecified atom stereocenters. The van der Waals surface area contributed by atoms with Crippen LogP contribution in [0.4, 0.5) is 11.4 Å². The molecule has 0 aromatic heterocycles. The van der Waals surface area contributed by atoms with E-state index in [0.29, 0.717) is 43.8 Å². The Morgan fingerprint density at radius 2 is 1.63 bits per heavy atom. The van der Waals surface area contributed by atoms with Crippen molar-refractivity contribution in [2.24, 2.45) is 5.92 Å². The Morgan fingerprint density at radius 3 is 2.33 bits per heavy atom. The van der Waals surface area contributed by atoms with E-state index in [0.717, 1.165) is 5.69 Å². The third-order valence-electron chi connectivity index (χ3n) is 4.99. The van der Waals surface area contributed by atoms with E-state index in [1.54, 1.807) is 30.0 Å². The van der Waals surface area contributed by atoms with Gasteiger partial charge in [0, 0.05) is 18.8 Å². The van der Waals surface area contributed by atoms with Gasteiger partial charge in [-0.05, 0) is 44.0 Å². The Kier molecular flexibility index (Phi) is 7.43. The molecule has 158 valence electrons. The third-order valence-corrected chi connectivity index (χ3v) is 4.99. The topological polar surface area (TPSA) is 84.9 Å². The zero-order valence-electron chi connectivity index (χ0n) is 17.0. The summed E-state index contributed by atoms with van der Waals surface area (Å²) >= 11 is 0. The molecule has 0 spiro atoms. The fourth-order valence-electron chi connectivity index (χ4n) is 3.37. The van der Waals surface area contributed by atoms with Crippen LogP contribution >= 0.6 is 0 Å². The highest BCUT2D eigenvalue weighted by molar-refractivity contribution is 5.97. The van der Waals surface area contributed by atoms with E-state index in [2.05, 4.69) is 5.32 Å². The van der Waals surface area contributed by atoms with Gasteiger partial charge in [-0.1, -0.05) is 30.3 Å². The maximum absolute atomic E-state index is 12.6. The lowest BCUT2D eigenvalue weighted by atomic mass is 9.97. The molecule has 2 aromatic carbocycles. The highest BCUT2D eigenvalue weighted by Crippen LogP contribution is 2.22. The molecule has 1 saturated heterocycles. The van der Waals surface area contributed by atoms with E-state index in [1.807, 2.05) is 36.4 Å². The molecule has 1 fully saturated rings. The number of benzene rings is 2. The molecule has 2 aromatic rings. The first-order valence-corrected chi connectivity index (χ1v) is 10.1. The second-order valence-corrected chi connectivity index (χ2v) is 7.02. The number of ether oxygens (including phenoxy) is 2. The van der Waals surface area contributed by atoms with Crippen LogP contribution in [0.15, 0.2) is 54.6 Å². The number of anilines is 2. The van der Waals surface area contributed by atoms with Crippen LogP contribution in [0.25, 0.3) is 0 Å². The van der Waals surface area contributed by atoms with E-state index < -0.39 is 5.97 Å². The monoisotopic (exact) mass is 410 g/mol. The number of piperidine rings is 1. The average molecular weight is 410 g/mol. The fraction of sp³-hybridized carbons (Fsp3) is 0.348. The van der Waals surface area contributed by atoms with Crippen molar-refractivity contribution in [1.82, 2.24) is 4.90 Å². The largest absolute Gasteiger partial charge is 0.466 e. The summed E-state index contributed by atoms with van der Waals surface area (Å²) < 4.78 is 10.3. The number of rotatable bonds is 7. The van der Waals surface area contributed by atoms with Crippen LogP contribution in [0.5, 0.6) is 0 Å². The van der Waals surface area contributed by atoms with Crippen LogP contribution in [-0.4, -0.2) is 49.0 Å². The van der Waals surface area contributed by atoms with Gasteiger partial charge in [0.15, 0.2) is 6.61 Å². The third kappa shape index (κ3) is 5.59. The van der Waals surface area contributed by atoms with Crippen LogP contribution in [-0.2, 0) is 19.1 Å². The lowest BCUT2D eigenvalue weighted by Crippen LogP contribution is -2.42. The average Bonchev–Trinajstić information content (AvgIpc) is 2.78. The minimum Gasteiger partial charge on any atom is -0.466 e. The van der Waals surface area contributed by atoms with Crippen LogP contribution in [0.1, 0.15) is 30.1 Å². The molecule has 0 radical (unpaired) electrons. The number of amides is 1. The van der Waals surface area contributed by atoms with Crippen LogP contribution < -0.4 is 5.32 Å². The number of carbonyl (C=O) groups excluding carboxylic acids is 3. The van der Waals surface area contributed by atoms with Crippen molar-refractivity contribution in [3.05, 3.63) is 60.2 Å². The standard InChI is InChI=1S/C23H26N2O5/c1-2-29-22(27)17-12-14-25(15-13-17)21(26)16-30-23(28)19-10-6-7-11-20(19)24-18-8-4-3-5-9-18/h3-11,17,24H,2,12-16H2,1H3. The van der Waals surface area contributed by atoms with Crippen molar-refractivity contribution in [2.45, 2.75) is 19.8 Å². The highest BCUT2D eigenvalue weighted by atomic mass is 16.5. The van der Waals surface area contributed by atoms with Gasteiger partial charge < -0.3 is 19.7 Å². The predicted octanol–water partition coefficient (Wildman–Crippen LogP) is 3.39. The number of para-hydroxylation sites is 2. The van der Waals surface area contributed by atoms with E-state index in [9.17, 15) is 14.4 Å². The highest BCUT2D eigenvalue weighted by Gasteiger charge is 2.28. The van der Waals surface area contributed by atoms with E-state index in [1.165, 1.54) is 0 Å². The van der Waals surface area contributed by atoms with E-state index in [4.69, 9.17) is 9.47 Å². The lowest BCUT2D eigenvalue weighted by molar-refractivity contribution is -0.151. The Labute approximate surface area is 176 Å². The number of esters is 2. The number of likely N-dealkylation sites (tertiary alicyclic amines) is 1. The van der Waals surface area contributed by atoms with Gasteiger partial charge in [0.2, 0.25) is 0 Å². The molecule has 30 heavy (non-hydrogen) atoms. The summed E-state index contributed by atoms with van der Waals surface area (Å²) in [6.07, 6.45) is 1.12. The van der Waals surface area contributed by atoms with Crippen molar-refractivity contribution in [2.75, 3.05) is 31.6 Å². The van der Waals surface area contributed by atoms with Crippen LogP contribution in [0.2, 0.25) is 0 Å². The van der Waals surface area contributed by atoms with Gasteiger partial charge in [-0.3, -0.25) is 9.59 Å². The smallest absolute Gasteiger partial charge is 0.340 e. The predicted molar refractivity (Wildman–Crippen MR) is 112 cm³/mol. The Balaban J connectivity index is 1.52. The fourth-order valence-corrected chi connectivity index (χ4v) is 3.37. The maximum atomic E-state index is 12.6. The van der Waals surface area contributed by atoms with Crippen LogP contribution in [0, 0.1) is 5.92 Å². The van der Waals surface area contributed by atoms with E-state index in [-0.39, 0.29) is 24.4 Å². The lowest BCUT2D eigenvalue weighted by Gasteiger charge is -2.30. The van der Waals surface area contributed by atoms with Crippen molar-refractivity contribution in [1.29, 1.82) is 0 Å². The minimum absolute atomic E-state index is 0.174. The Morgan fingerprint density at radius 1 is 0.967 bits per heavy atom. The minimum atomic E-state index is -0.566. The Hall–Kier alpha value is -3.35. The first-order chi connectivity index (χ1) is 14.6. The van der Waals surface area contributed by atoms with Crippen molar-refractivity contribution < 1.29 is 23.9 Å². The zero-order valence-corrected chi connectivity index (χ0v) is 17.0. The van der Waals surface area contributed by atoms with Crippen molar-refractivity contribution in [3.8, 4) is 0 Å². The van der Waals surface area contributed by atoms with Crippen molar-refractivity contribution in [3.63, 3.8) is 0 Å². The molecule has 0 aliphatic carbocycles. The second kappa shape index (κ2) is 10.4. The summed E-state index contributed by atoms with van der Waals surface area (Å²) in [5.74, 6) is -1.21. The van der Waals surface area contributed by atoms with Gasteiger partial charge in [-0.15, -0.1) is 0 Å². The molecule has 7 nitrogen and oxygen atoms in total. The summed E-state index contributed by atoms with van der Waals surface area (Å²) in [6, 6.07) is 16.5. The van der Waals surface area contributed by atoms with Gasteiger partial charge in [-0.25, -0.2) is 4.79 Å². The molecule has 1 aliphatic heterocycles. The summed E-state index contributed by atoms with van der Waals surface area (Å²) in [5.41, 5.74) is 1.81. The normalized spacial score (nSPS) is 14.1. The first kappa shape index (κ1) is 21.4. The summed E-state index contributed by atoms with van der Waals surface area (Å²) in [4.78, 5) is 38.4. The Bertz CT molecular complexity index is 876. The quantitative estimate of drug-likeness (QED) is 0.705. The van der Waals surface area contributed by atoms with Gasteiger partial charge in [-0.2, -0.15) is 0 Å². The zero-order chi connectivity index (χ0) is 21.3. The molecule has 1 N–H and O–H groups in total. The number of carbonyl (C=O) groups is 3. The van der Waals surface area contributed by atoms with Crippen LogP contribution in [0.3, 0.4) is 0 Å². The summed E-state index contributed by atoms with van der Waals surface area (Å²) in [6.45, 7) is 2.70. The first-order valence-electron chi connectivity index (χ1n) is 10.1. The number of hydrogen-bond acceptors (Lipinski definition) is 6. The molecule has 1 aliphatic rings. The molecule has 0 saturated carbocycles.